The first-order valence-corrected chi connectivity index (χ1v) is 6.55. The van der Waals surface area contributed by atoms with Gasteiger partial charge in [-0.3, -0.25) is 9.00 Å². The molecule has 0 saturated carbocycles. The Morgan fingerprint density at radius 1 is 1.27 bits per heavy atom. The van der Waals surface area contributed by atoms with Gasteiger partial charge in [-0.25, -0.2) is 0 Å². The summed E-state index contributed by atoms with van der Waals surface area (Å²) < 4.78 is 11.6. The fourth-order valence-electron chi connectivity index (χ4n) is 1.48. The Bertz CT molecular complexity index is 346. The predicted molar refractivity (Wildman–Crippen MR) is 63.5 cm³/mol. The minimum atomic E-state index is -1.04. The molecule has 0 spiro atoms. The van der Waals surface area contributed by atoms with Crippen LogP contribution >= 0.6 is 0 Å². The number of hydrogen-bond acceptors (Lipinski definition) is 2. The van der Waals surface area contributed by atoms with Crippen molar-refractivity contribution in [1.29, 1.82) is 0 Å². The molecule has 82 valence electrons. The molecular weight excluding hydrogens is 208 g/mol. The standard InChI is InChI=1S/C12H16O2S/c1-3-11(15(14)4-2)12(13)10-8-6-5-7-9-10/h5-9,11H,3-4H2,1-2H3. The van der Waals surface area contributed by atoms with Gasteiger partial charge in [-0.2, -0.15) is 0 Å². The third-order valence-corrected chi connectivity index (χ3v) is 4.07. The molecule has 0 radical (unpaired) electrons. The summed E-state index contributed by atoms with van der Waals surface area (Å²) >= 11 is 0. The zero-order valence-corrected chi connectivity index (χ0v) is 9.92. The van der Waals surface area contributed by atoms with E-state index in [-0.39, 0.29) is 11.0 Å². The molecular formula is C12H16O2S. The molecule has 2 unspecified atom stereocenters. The zero-order chi connectivity index (χ0) is 11.3. The summed E-state index contributed by atoms with van der Waals surface area (Å²) in [5.41, 5.74) is 0.658. The molecule has 0 aromatic heterocycles. The lowest BCUT2D eigenvalue weighted by Gasteiger charge is -2.11. The molecule has 2 nitrogen and oxygen atoms in total. The highest BCUT2D eigenvalue weighted by Gasteiger charge is 2.22. The van der Waals surface area contributed by atoms with Crippen molar-refractivity contribution in [3.63, 3.8) is 0 Å². The average Bonchev–Trinajstić information content (AvgIpc) is 2.30. The van der Waals surface area contributed by atoms with E-state index in [0.717, 1.165) is 0 Å². The first-order valence-electron chi connectivity index (χ1n) is 5.17. The Morgan fingerprint density at radius 3 is 2.33 bits per heavy atom. The van der Waals surface area contributed by atoms with Crippen LogP contribution in [-0.4, -0.2) is 21.0 Å². The molecule has 0 heterocycles. The van der Waals surface area contributed by atoms with Crippen LogP contribution in [0.2, 0.25) is 0 Å². The third-order valence-electron chi connectivity index (χ3n) is 2.32. The summed E-state index contributed by atoms with van der Waals surface area (Å²) in [5.74, 6) is 0.537. The summed E-state index contributed by atoms with van der Waals surface area (Å²) in [6, 6.07) is 9.08. The predicted octanol–water partition coefficient (Wildman–Crippen LogP) is 2.42. The van der Waals surface area contributed by atoms with E-state index >= 15 is 0 Å². The van der Waals surface area contributed by atoms with Crippen molar-refractivity contribution in [2.45, 2.75) is 25.5 Å². The number of Topliss-reactive ketones (excluding diaryl/α,β-unsaturated/α-hetero) is 1. The van der Waals surface area contributed by atoms with E-state index in [0.29, 0.717) is 17.7 Å². The number of hydrogen-bond donors (Lipinski definition) is 0. The minimum Gasteiger partial charge on any atom is -0.293 e. The lowest BCUT2D eigenvalue weighted by Crippen LogP contribution is -2.26. The molecule has 1 aromatic rings. The molecule has 0 amide bonds. The molecule has 0 bridgehead atoms. The topological polar surface area (TPSA) is 34.1 Å². The lowest BCUT2D eigenvalue weighted by molar-refractivity contribution is 0.0987. The van der Waals surface area contributed by atoms with Crippen molar-refractivity contribution < 1.29 is 9.00 Å². The van der Waals surface area contributed by atoms with Gasteiger partial charge in [-0.1, -0.05) is 44.2 Å². The van der Waals surface area contributed by atoms with Gasteiger partial charge in [0.25, 0.3) is 0 Å². The first kappa shape index (κ1) is 12.1. The molecule has 0 aliphatic heterocycles. The van der Waals surface area contributed by atoms with Crippen LogP contribution in [0.15, 0.2) is 30.3 Å². The van der Waals surface area contributed by atoms with E-state index in [4.69, 9.17) is 0 Å². The zero-order valence-electron chi connectivity index (χ0n) is 9.10. The first-order chi connectivity index (χ1) is 7.20. The van der Waals surface area contributed by atoms with Crippen LogP contribution in [0.4, 0.5) is 0 Å². The number of benzene rings is 1. The minimum absolute atomic E-state index is 0.00159. The van der Waals surface area contributed by atoms with E-state index < -0.39 is 10.8 Å². The van der Waals surface area contributed by atoms with Crippen LogP contribution in [0.5, 0.6) is 0 Å². The Hall–Kier alpha value is -0.960. The molecule has 0 fully saturated rings. The fourth-order valence-corrected chi connectivity index (χ4v) is 2.63. The molecule has 0 saturated heterocycles. The molecule has 15 heavy (non-hydrogen) atoms. The van der Waals surface area contributed by atoms with Crippen molar-refractivity contribution >= 4 is 16.6 Å². The average molecular weight is 224 g/mol. The second kappa shape index (κ2) is 5.81. The molecule has 0 N–H and O–H groups in total. The number of rotatable bonds is 5. The van der Waals surface area contributed by atoms with Gasteiger partial charge in [0, 0.05) is 22.1 Å². The van der Waals surface area contributed by atoms with Gasteiger partial charge in [-0.15, -0.1) is 0 Å². The summed E-state index contributed by atoms with van der Waals surface area (Å²) in [7, 11) is -1.04. The van der Waals surface area contributed by atoms with Crippen molar-refractivity contribution in [3.05, 3.63) is 35.9 Å². The largest absolute Gasteiger partial charge is 0.293 e. The number of carbonyl (C=O) groups excluding carboxylic acids is 1. The van der Waals surface area contributed by atoms with Gasteiger partial charge < -0.3 is 0 Å². The van der Waals surface area contributed by atoms with Crippen LogP contribution in [0.25, 0.3) is 0 Å². The molecule has 1 rings (SSSR count). The van der Waals surface area contributed by atoms with Crippen molar-refractivity contribution in [2.75, 3.05) is 5.75 Å². The third kappa shape index (κ3) is 2.99. The van der Waals surface area contributed by atoms with Crippen molar-refractivity contribution in [1.82, 2.24) is 0 Å². The van der Waals surface area contributed by atoms with Gasteiger partial charge >= 0.3 is 0 Å². The number of carbonyl (C=O) groups is 1. The number of ketones is 1. The van der Waals surface area contributed by atoms with Crippen molar-refractivity contribution in [3.8, 4) is 0 Å². The van der Waals surface area contributed by atoms with Crippen LogP contribution in [-0.2, 0) is 10.8 Å². The van der Waals surface area contributed by atoms with Crippen LogP contribution in [0.1, 0.15) is 30.6 Å². The van der Waals surface area contributed by atoms with E-state index in [1.54, 1.807) is 12.1 Å². The van der Waals surface area contributed by atoms with E-state index in [2.05, 4.69) is 0 Å². The molecule has 1 aromatic carbocycles. The molecule has 0 aliphatic carbocycles. The molecule has 3 heteroatoms. The summed E-state index contributed by atoms with van der Waals surface area (Å²) in [6.45, 7) is 3.75. The summed E-state index contributed by atoms with van der Waals surface area (Å²) in [6.07, 6.45) is 0.633. The normalized spacial score (nSPS) is 14.5. The van der Waals surface area contributed by atoms with Crippen molar-refractivity contribution in [2.24, 2.45) is 0 Å². The van der Waals surface area contributed by atoms with Crippen LogP contribution in [0.3, 0.4) is 0 Å². The summed E-state index contributed by atoms with van der Waals surface area (Å²) in [4.78, 5) is 12.0. The fraction of sp³-hybridized carbons (Fsp3) is 0.417. The van der Waals surface area contributed by atoms with Gasteiger partial charge in [0.1, 0.15) is 0 Å². The Kier molecular flexibility index (Phi) is 4.69. The maximum absolute atomic E-state index is 12.0. The Labute approximate surface area is 93.2 Å². The highest BCUT2D eigenvalue weighted by Crippen LogP contribution is 2.11. The Morgan fingerprint density at radius 2 is 1.87 bits per heavy atom. The quantitative estimate of drug-likeness (QED) is 0.720. The highest BCUT2D eigenvalue weighted by molar-refractivity contribution is 7.86. The maximum Gasteiger partial charge on any atom is 0.178 e. The molecule has 2 atom stereocenters. The van der Waals surface area contributed by atoms with Gasteiger partial charge in [0.15, 0.2) is 5.78 Å². The van der Waals surface area contributed by atoms with E-state index in [1.165, 1.54) is 0 Å². The monoisotopic (exact) mass is 224 g/mol. The Balaban J connectivity index is 2.87. The van der Waals surface area contributed by atoms with Gasteiger partial charge in [0.2, 0.25) is 0 Å². The molecule has 0 aliphatic rings. The summed E-state index contributed by atoms with van der Waals surface area (Å²) in [5, 5.41) is -0.350. The highest BCUT2D eigenvalue weighted by atomic mass is 32.2. The SMILES string of the molecule is CCC(C(=O)c1ccccc1)S(=O)CC. The lowest BCUT2D eigenvalue weighted by atomic mass is 10.1. The van der Waals surface area contributed by atoms with E-state index in [1.807, 2.05) is 32.0 Å². The maximum atomic E-state index is 12.0. The van der Waals surface area contributed by atoms with Crippen LogP contribution < -0.4 is 0 Å². The van der Waals surface area contributed by atoms with Gasteiger partial charge in [0.05, 0.1) is 5.25 Å². The smallest absolute Gasteiger partial charge is 0.178 e. The van der Waals surface area contributed by atoms with Crippen LogP contribution in [0, 0.1) is 0 Å². The second-order valence-electron chi connectivity index (χ2n) is 3.30. The second-order valence-corrected chi connectivity index (χ2v) is 5.20. The van der Waals surface area contributed by atoms with Gasteiger partial charge in [-0.05, 0) is 6.42 Å². The van der Waals surface area contributed by atoms with E-state index in [9.17, 15) is 9.00 Å².